The fourth-order valence-electron chi connectivity index (χ4n) is 1.47. The highest BCUT2D eigenvalue weighted by molar-refractivity contribution is 5.65. The molecule has 2 aromatic carbocycles. The van der Waals surface area contributed by atoms with Crippen LogP contribution < -0.4 is 0 Å². The summed E-state index contributed by atoms with van der Waals surface area (Å²) in [5.41, 5.74) is 3.22. The number of benzene rings is 2. The van der Waals surface area contributed by atoms with Crippen LogP contribution in [0.4, 0.5) is 0 Å². The molecular formula is C15H18O. The maximum absolute atomic E-state index is 9.39. The van der Waals surface area contributed by atoms with Gasteiger partial charge in [0.1, 0.15) is 5.75 Å². The standard InChI is InChI=1S/C13H12O.C2H6/c1-10-9-12(7-8-13(10)14)11-5-3-2-4-6-11;1-2/h2-9,14H,1H3;1-2H3. The number of aromatic hydroxyl groups is 1. The van der Waals surface area contributed by atoms with E-state index in [-0.39, 0.29) is 0 Å². The maximum atomic E-state index is 9.39. The molecule has 0 spiro atoms. The molecule has 2 aromatic rings. The molecule has 84 valence electrons. The number of hydrogen-bond acceptors (Lipinski definition) is 1. The van der Waals surface area contributed by atoms with Gasteiger partial charge in [-0.15, -0.1) is 0 Å². The van der Waals surface area contributed by atoms with Crippen LogP contribution in [0.2, 0.25) is 0 Å². The maximum Gasteiger partial charge on any atom is 0.118 e. The Hall–Kier alpha value is -1.76. The summed E-state index contributed by atoms with van der Waals surface area (Å²) in [6, 6.07) is 15.8. The lowest BCUT2D eigenvalue weighted by molar-refractivity contribution is 0.471. The molecule has 2 rings (SSSR count). The van der Waals surface area contributed by atoms with E-state index >= 15 is 0 Å². The average Bonchev–Trinajstić information content (AvgIpc) is 2.36. The van der Waals surface area contributed by atoms with Crippen molar-refractivity contribution in [3.05, 3.63) is 54.1 Å². The van der Waals surface area contributed by atoms with Gasteiger partial charge in [0, 0.05) is 0 Å². The summed E-state index contributed by atoms with van der Waals surface area (Å²) in [5.74, 6) is 0.352. The van der Waals surface area contributed by atoms with Gasteiger partial charge in [0.15, 0.2) is 0 Å². The van der Waals surface area contributed by atoms with Crippen LogP contribution in [0, 0.1) is 6.92 Å². The summed E-state index contributed by atoms with van der Waals surface area (Å²) in [6.45, 7) is 5.90. The SMILES string of the molecule is CC.Cc1cc(-c2ccccc2)ccc1O. The molecule has 0 radical (unpaired) electrons. The third kappa shape index (κ3) is 2.86. The van der Waals surface area contributed by atoms with Crippen LogP contribution in [0.25, 0.3) is 11.1 Å². The summed E-state index contributed by atoms with van der Waals surface area (Å²) in [6.07, 6.45) is 0. The van der Waals surface area contributed by atoms with Gasteiger partial charge in [-0.1, -0.05) is 50.2 Å². The highest BCUT2D eigenvalue weighted by atomic mass is 16.3. The lowest BCUT2D eigenvalue weighted by Gasteiger charge is -2.03. The molecule has 0 aromatic heterocycles. The van der Waals surface area contributed by atoms with Crippen LogP contribution >= 0.6 is 0 Å². The van der Waals surface area contributed by atoms with Gasteiger partial charge in [-0.3, -0.25) is 0 Å². The van der Waals surface area contributed by atoms with Crippen molar-refractivity contribution < 1.29 is 5.11 Å². The molecule has 1 N–H and O–H groups in total. The van der Waals surface area contributed by atoms with Gasteiger partial charge in [-0.25, -0.2) is 0 Å². The molecule has 1 nitrogen and oxygen atoms in total. The molecule has 0 amide bonds. The Labute approximate surface area is 97.4 Å². The first kappa shape index (κ1) is 12.3. The van der Waals surface area contributed by atoms with Gasteiger partial charge in [0.2, 0.25) is 0 Å². The first-order valence-electron chi connectivity index (χ1n) is 5.62. The molecule has 0 aliphatic heterocycles. The molecule has 0 aliphatic carbocycles. The van der Waals surface area contributed by atoms with E-state index in [4.69, 9.17) is 0 Å². The second-order valence-corrected chi connectivity index (χ2v) is 3.37. The third-order valence-corrected chi connectivity index (χ3v) is 2.30. The van der Waals surface area contributed by atoms with E-state index in [9.17, 15) is 5.11 Å². The normalized spacial score (nSPS) is 9.19. The fourth-order valence-corrected chi connectivity index (χ4v) is 1.47. The summed E-state index contributed by atoms with van der Waals surface area (Å²) in [5, 5.41) is 9.39. The van der Waals surface area contributed by atoms with Crippen molar-refractivity contribution in [1.29, 1.82) is 0 Å². The predicted octanol–water partition coefficient (Wildman–Crippen LogP) is 4.39. The minimum Gasteiger partial charge on any atom is -0.508 e. The Morgan fingerprint density at radius 3 is 2.00 bits per heavy atom. The van der Waals surface area contributed by atoms with E-state index in [1.165, 1.54) is 5.56 Å². The van der Waals surface area contributed by atoms with Crippen molar-refractivity contribution in [3.8, 4) is 16.9 Å². The highest BCUT2D eigenvalue weighted by Crippen LogP contribution is 2.24. The van der Waals surface area contributed by atoms with Crippen LogP contribution in [-0.4, -0.2) is 5.11 Å². The first-order chi connectivity index (χ1) is 7.77. The highest BCUT2D eigenvalue weighted by Gasteiger charge is 1.99. The minimum atomic E-state index is 0.352. The average molecular weight is 214 g/mol. The molecule has 0 aliphatic rings. The van der Waals surface area contributed by atoms with E-state index in [2.05, 4.69) is 12.1 Å². The van der Waals surface area contributed by atoms with E-state index in [1.807, 2.05) is 51.1 Å². The Morgan fingerprint density at radius 2 is 1.44 bits per heavy atom. The summed E-state index contributed by atoms with van der Waals surface area (Å²) >= 11 is 0. The van der Waals surface area contributed by atoms with Gasteiger partial charge in [0.05, 0.1) is 0 Å². The van der Waals surface area contributed by atoms with Crippen LogP contribution in [0.5, 0.6) is 5.75 Å². The van der Waals surface area contributed by atoms with Crippen molar-refractivity contribution in [3.63, 3.8) is 0 Å². The molecular weight excluding hydrogens is 196 g/mol. The Morgan fingerprint density at radius 1 is 0.812 bits per heavy atom. The Bertz CT molecular complexity index is 432. The second-order valence-electron chi connectivity index (χ2n) is 3.37. The van der Waals surface area contributed by atoms with E-state index in [1.54, 1.807) is 6.07 Å². The minimum absolute atomic E-state index is 0.352. The first-order valence-corrected chi connectivity index (χ1v) is 5.62. The topological polar surface area (TPSA) is 20.2 Å². The van der Waals surface area contributed by atoms with Crippen LogP contribution in [-0.2, 0) is 0 Å². The zero-order valence-corrected chi connectivity index (χ0v) is 10.1. The molecule has 0 fully saturated rings. The third-order valence-electron chi connectivity index (χ3n) is 2.30. The van der Waals surface area contributed by atoms with Crippen molar-refractivity contribution in [2.24, 2.45) is 0 Å². The molecule has 16 heavy (non-hydrogen) atoms. The van der Waals surface area contributed by atoms with Crippen LogP contribution in [0.3, 0.4) is 0 Å². The summed E-state index contributed by atoms with van der Waals surface area (Å²) < 4.78 is 0. The summed E-state index contributed by atoms with van der Waals surface area (Å²) in [7, 11) is 0. The number of aryl methyl sites for hydroxylation is 1. The molecule has 0 unspecified atom stereocenters. The van der Waals surface area contributed by atoms with Gasteiger partial charge >= 0.3 is 0 Å². The van der Waals surface area contributed by atoms with Crippen molar-refractivity contribution in [1.82, 2.24) is 0 Å². The van der Waals surface area contributed by atoms with Crippen molar-refractivity contribution >= 4 is 0 Å². The fraction of sp³-hybridized carbons (Fsp3) is 0.200. The largest absolute Gasteiger partial charge is 0.508 e. The lowest BCUT2D eigenvalue weighted by atomic mass is 10.0. The zero-order valence-electron chi connectivity index (χ0n) is 10.1. The molecule has 0 saturated carbocycles. The predicted molar refractivity (Wildman–Crippen MR) is 69.6 cm³/mol. The lowest BCUT2D eigenvalue weighted by Crippen LogP contribution is -1.79. The number of phenolic OH excluding ortho intramolecular Hbond substituents is 1. The van der Waals surface area contributed by atoms with Gasteiger partial charge in [-0.05, 0) is 35.7 Å². The smallest absolute Gasteiger partial charge is 0.118 e. The number of hydrogen-bond donors (Lipinski definition) is 1. The van der Waals surface area contributed by atoms with E-state index in [0.717, 1.165) is 11.1 Å². The number of phenols is 1. The molecule has 0 bridgehead atoms. The number of rotatable bonds is 1. The second kappa shape index (κ2) is 5.96. The quantitative estimate of drug-likeness (QED) is 0.746. The van der Waals surface area contributed by atoms with Crippen molar-refractivity contribution in [2.75, 3.05) is 0 Å². The molecule has 0 atom stereocenters. The summed E-state index contributed by atoms with van der Waals surface area (Å²) in [4.78, 5) is 0. The Kier molecular flexibility index (Phi) is 4.59. The van der Waals surface area contributed by atoms with Gasteiger partial charge in [0.25, 0.3) is 0 Å². The van der Waals surface area contributed by atoms with Crippen LogP contribution in [0.15, 0.2) is 48.5 Å². The molecule has 0 heterocycles. The monoisotopic (exact) mass is 214 g/mol. The molecule has 1 heteroatoms. The van der Waals surface area contributed by atoms with Gasteiger partial charge in [-0.2, -0.15) is 0 Å². The van der Waals surface area contributed by atoms with Gasteiger partial charge < -0.3 is 5.11 Å². The zero-order chi connectivity index (χ0) is 12.0. The van der Waals surface area contributed by atoms with E-state index < -0.39 is 0 Å². The van der Waals surface area contributed by atoms with Crippen molar-refractivity contribution in [2.45, 2.75) is 20.8 Å². The Balaban J connectivity index is 0.000000606. The van der Waals surface area contributed by atoms with Crippen LogP contribution in [0.1, 0.15) is 19.4 Å². The molecule has 0 saturated heterocycles. The van der Waals surface area contributed by atoms with E-state index in [0.29, 0.717) is 5.75 Å².